The number of unbranched alkanes of at least 4 members (excludes halogenated alkanes) is 1. The molecule has 0 radical (unpaired) electrons. The van der Waals surface area contributed by atoms with Crippen molar-refractivity contribution in [2.75, 3.05) is 13.2 Å². The number of halogens is 2. The van der Waals surface area contributed by atoms with Gasteiger partial charge in [-0.1, -0.05) is 37.0 Å². The number of rotatable bonds is 7. The summed E-state index contributed by atoms with van der Waals surface area (Å²) in [4.78, 5) is 0. The molecule has 0 spiro atoms. The van der Waals surface area contributed by atoms with E-state index in [2.05, 4.69) is 0 Å². The van der Waals surface area contributed by atoms with Crippen molar-refractivity contribution in [3.63, 3.8) is 0 Å². The van der Waals surface area contributed by atoms with E-state index in [1.807, 2.05) is 65.8 Å². The van der Waals surface area contributed by atoms with Crippen LogP contribution < -0.4 is 9.47 Å². The Bertz CT molecular complexity index is 604. The van der Waals surface area contributed by atoms with Crippen molar-refractivity contribution in [3.8, 4) is 11.5 Å². The summed E-state index contributed by atoms with van der Waals surface area (Å²) in [6.45, 7) is 13.4. The molecule has 26 heavy (non-hydrogen) atoms. The van der Waals surface area contributed by atoms with Gasteiger partial charge >= 0.3 is 0 Å². The molecule has 0 bridgehead atoms. The van der Waals surface area contributed by atoms with Crippen molar-refractivity contribution in [1.82, 2.24) is 0 Å². The second-order valence-electron chi connectivity index (χ2n) is 6.14. The highest BCUT2D eigenvalue weighted by atomic mass is 35.5. The molecule has 0 heterocycles. The molecule has 2 nitrogen and oxygen atoms in total. The van der Waals surface area contributed by atoms with Crippen LogP contribution in [-0.2, 0) is 0 Å². The zero-order chi connectivity index (χ0) is 19.7. The average molecular weight is 397 g/mol. The summed E-state index contributed by atoms with van der Waals surface area (Å²) in [5, 5.41) is 1.50. The quantitative estimate of drug-likeness (QED) is 0.451. The molecule has 0 atom stereocenters. The fourth-order valence-electron chi connectivity index (χ4n) is 2.80. The molecule has 0 aromatic heterocycles. The molecule has 0 saturated heterocycles. The maximum Gasteiger partial charge on any atom is 0.125 e. The van der Waals surface area contributed by atoms with E-state index in [0.29, 0.717) is 13.2 Å². The van der Waals surface area contributed by atoms with Crippen LogP contribution in [0.4, 0.5) is 0 Å². The van der Waals surface area contributed by atoms with Crippen LogP contribution in [0, 0.1) is 27.7 Å². The summed E-state index contributed by atoms with van der Waals surface area (Å²) >= 11 is 12.1. The van der Waals surface area contributed by atoms with Crippen LogP contribution in [0.25, 0.3) is 0 Å². The molecule has 2 aromatic rings. The van der Waals surface area contributed by atoms with Gasteiger partial charge < -0.3 is 9.47 Å². The Balaban J connectivity index is 0.00000163. The van der Waals surface area contributed by atoms with Gasteiger partial charge in [-0.15, -0.1) is 0 Å². The Labute approximate surface area is 168 Å². The molecule has 0 aliphatic heterocycles. The minimum absolute atomic E-state index is 0.672. The van der Waals surface area contributed by atoms with E-state index in [4.69, 9.17) is 32.7 Å². The van der Waals surface area contributed by atoms with Crippen LogP contribution >= 0.6 is 23.2 Å². The van der Waals surface area contributed by atoms with Gasteiger partial charge in [0.15, 0.2) is 0 Å². The lowest BCUT2D eigenvalue weighted by Gasteiger charge is -2.14. The molecular formula is C22H30Cl2O2. The third-order valence-electron chi connectivity index (χ3n) is 3.88. The second-order valence-corrected chi connectivity index (χ2v) is 7.01. The van der Waals surface area contributed by atoms with Gasteiger partial charge in [0.25, 0.3) is 0 Å². The molecule has 2 rings (SSSR count). The van der Waals surface area contributed by atoms with Crippen molar-refractivity contribution >= 4 is 23.2 Å². The van der Waals surface area contributed by atoms with Crippen molar-refractivity contribution in [1.29, 1.82) is 0 Å². The van der Waals surface area contributed by atoms with Crippen molar-refractivity contribution in [3.05, 3.63) is 56.6 Å². The van der Waals surface area contributed by atoms with Crippen LogP contribution in [0.1, 0.15) is 48.9 Å². The van der Waals surface area contributed by atoms with Gasteiger partial charge in [0.05, 0.1) is 13.2 Å². The number of benzene rings is 2. The first-order chi connectivity index (χ1) is 12.4. The molecular weight excluding hydrogens is 367 g/mol. The fourth-order valence-corrected chi connectivity index (χ4v) is 3.46. The molecule has 144 valence electrons. The van der Waals surface area contributed by atoms with Gasteiger partial charge in [-0.25, -0.2) is 0 Å². The zero-order valence-electron chi connectivity index (χ0n) is 16.7. The first-order valence-electron chi connectivity index (χ1n) is 9.17. The first-order valence-corrected chi connectivity index (χ1v) is 9.93. The number of hydrogen-bond acceptors (Lipinski definition) is 2. The smallest absolute Gasteiger partial charge is 0.125 e. The summed E-state index contributed by atoms with van der Waals surface area (Å²) in [5.41, 5.74) is 4.29. The van der Waals surface area contributed by atoms with Crippen molar-refractivity contribution in [2.45, 2.75) is 54.4 Å². The Morgan fingerprint density at radius 3 is 1.15 bits per heavy atom. The van der Waals surface area contributed by atoms with E-state index in [1.165, 1.54) is 0 Å². The fraction of sp³-hybridized carbons (Fsp3) is 0.455. The normalized spacial score (nSPS) is 10.2. The lowest BCUT2D eigenvalue weighted by Crippen LogP contribution is -2.05. The number of hydrogen-bond donors (Lipinski definition) is 0. The van der Waals surface area contributed by atoms with Crippen molar-refractivity contribution in [2.24, 2.45) is 0 Å². The van der Waals surface area contributed by atoms with E-state index in [-0.39, 0.29) is 0 Å². The summed E-state index contributed by atoms with van der Waals surface area (Å²) < 4.78 is 11.8. The predicted molar refractivity (Wildman–Crippen MR) is 113 cm³/mol. The zero-order valence-corrected chi connectivity index (χ0v) is 18.2. The molecule has 0 aliphatic carbocycles. The van der Waals surface area contributed by atoms with Crippen LogP contribution in [0.2, 0.25) is 10.0 Å². The van der Waals surface area contributed by atoms with Gasteiger partial charge in [0.1, 0.15) is 11.5 Å². The highest BCUT2D eigenvalue weighted by Crippen LogP contribution is 2.28. The monoisotopic (exact) mass is 396 g/mol. The Morgan fingerprint density at radius 2 is 0.885 bits per heavy atom. The number of ether oxygens (including phenoxy) is 2. The molecule has 0 unspecified atom stereocenters. The summed E-state index contributed by atoms with van der Waals surface area (Å²) in [6.07, 6.45) is 1.88. The Hall–Kier alpha value is -1.38. The Morgan fingerprint density at radius 1 is 0.615 bits per heavy atom. The maximum absolute atomic E-state index is 6.04. The largest absolute Gasteiger partial charge is 0.493 e. The summed E-state index contributed by atoms with van der Waals surface area (Å²) in [7, 11) is 0. The first kappa shape index (κ1) is 22.7. The molecule has 0 aliphatic rings. The van der Waals surface area contributed by atoms with Crippen molar-refractivity contribution < 1.29 is 9.47 Å². The molecule has 2 aromatic carbocycles. The van der Waals surface area contributed by atoms with E-state index in [0.717, 1.165) is 56.6 Å². The minimum atomic E-state index is 0.672. The SMILES string of the molecule is CC.Cc1cc(Cl)cc(C)c1OCCCCOc1c(C)cc(Cl)cc1C. The van der Waals surface area contributed by atoms with Crippen LogP contribution in [0.15, 0.2) is 24.3 Å². The predicted octanol–water partition coefficient (Wildman–Crippen LogP) is 7.49. The summed E-state index contributed by atoms with van der Waals surface area (Å²) in [6, 6.07) is 7.72. The van der Waals surface area contributed by atoms with Gasteiger partial charge in [0, 0.05) is 10.0 Å². The lowest BCUT2D eigenvalue weighted by molar-refractivity contribution is 0.263. The van der Waals surface area contributed by atoms with E-state index >= 15 is 0 Å². The van der Waals surface area contributed by atoms with E-state index < -0.39 is 0 Å². The van der Waals surface area contributed by atoms with Crippen LogP contribution in [0.5, 0.6) is 11.5 Å². The van der Waals surface area contributed by atoms with Gasteiger partial charge in [-0.2, -0.15) is 0 Å². The van der Waals surface area contributed by atoms with Gasteiger partial charge in [-0.05, 0) is 87.1 Å². The highest BCUT2D eigenvalue weighted by Gasteiger charge is 2.07. The van der Waals surface area contributed by atoms with Gasteiger partial charge in [0.2, 0.25) is 0 Å². The number of aryl methyl sites for hydroxylation is 4. The lowest BCUT2D eigenvalue weighted by atomic mass is 10.1. The summed E-state index contributed by atoms with van der Waals surface area (Å²) in [5.74, 6) is 1.87. The van der Waals surface area contributed by atoms with Gasteiger partial charge in [-0.3, -0.25) is 0 Å². The standard InChI is InChI=1S/C20H24Cl2O2.C2H6/c1-13-9-17(21)10-14(2)19(13)23-7-5-6-8-24-20-15(3)11-18(22)12-16(20)4;1-2/h9-12H,5-8H2,1-4H3;1-2H3. The van der Waals surface area contributed by atoms with Crippen LogP contribution in [0.3, 0.4) is 0 Å². The minimum Gasteiger partial charge on any atom is -0.493 e. The molecule has 0 amide bonds. The molecule has 0 saturated carbocycles. The second kappa shape index (κ2) is 11.4. The molecule has 0 N–H and O–H groups in total. The van der Waals surface area contributed by atoms with E-state index in [1.54, 1.807) is 0 Å². The molecule has 0 fully saturated rings. The average Bonchev–Trinajstić information content (AvgIpc) is 2.56. The maximum atomic E-state index is 6.04. The third-order valence-corrected chi connectivity index (χ3v) is 4.32. The Kier molecular flexibility index (Phi) is 9.90. The third kappa shape index (κ3) is 6.74. The molecule has 4 heteroatoms. The topological polar surface area (TPSA) is 18.5 Å². The van der Waals surface area contributed by atoms with Crippen LogP contribution in [-0.4, -0.2) is 13.2 Å². The van der Waals surface area contributed by atoms with E-state index in [9.17, 15) is 0 Å². The highest BCUT2D eigenvalue weighted by molar-refractivity contribution is 6.31.